The van der Waals surface area contributed by atoms with Crippen LogP contribution in [0, 0.1) is 17.0 Å². The molecule has 2 aromatic rings. The van der Waals surface area contributed by atoms with Crippen molar-refractivity contribution in [1.29, 1.82) is 0 Å². The Morgan fingerprint density at radius 1 is 1.62 bits per heavy atom. The lowest BCUT2D eigenvalue weighted by Gasteiger charge is -2.04. The van der Waals surface area contributed by atoms with E-state index in [0.717, 1.165) is 5.69 Å². The van der Waals surface area contributed by atoms with Gasteiger partial charge in [0.15, 0.2) is 0 Å². The number of rotatable bonds is 5. The Morgan fingerprint density at radius 3 is 2.95 bits per heavy atom. The van der Waals surface area contributed by atoms with Crippen molar-refractivity contribution in [1.82, 2.24) is 4.98 Å². The van der Waals surface area contributed by atoms with Gasteiger partial charge in [-0.25, -0.2) is 4.98 Å². The maximum Gasteiger partial charge on any atom is 0.270 e. The minimum atomic E-state index is -0.551. The standard InChI is InChI=1S/C12H11ClN4O3S/c1-7-6-21-12(15-7)16-14-5-9-3-10(17(19)20)2-8(4-13)11(9)18/h2-3,5-6,18H,4H2,1H3,(H,15,16). The summed E-state index contributed by atoms with van der Waals surface area (Å²) in [5.74, 6) is -0.163. The first-order valence-corrected chi connectivity index (χ1v) is 7.20. The number of nitrogens with one attached hydrogen (secondary N) is 1. The fourth-order valence-electron chi connectivity index (χ4n) is 1.57. The molecule has 0 aliphatic heterocycles. The van der Waals surface area contributed by atoms with E-state index in [1.807, 2.05) is 12.3 Å². The monoisotopic (exact) mass is 326 g/mol. The van der Waals surface area contributed by atoms with Crippen molar-refractivity contribution in [2.24, 2.45) is 5.10 Å². The molecule has 0 unspecified atom stereocenters. The number of hydrazone groups is 1. The van der Waals surface area contributed by atoms with Gasteiger partial charge in [0.2, 0.25) is 5.13 Å². The van der Waals surface area contributed by atoms with E-state index in [0.29, 0.717) is 5.13 Å². The second-order valence-electron chi connectivity index (χ2n) is 4.10. The number of halogens is 1. The minimum absolute atomic E-state index is 0.0343. The molecule has 1 heterocycles. The van der Waals surface area contributed by atoms with Gasteiger partial charge in [-0.1, -0.05) is 0 Å². The summed E-state index contributed by atoms with van der Waals surface area (Å²) in [5, 5.41) is 27.2. The van der Waals surface area contributed by atoms with Crippen LogP contribution in [0.2, 0.25) is 0 Å². The summed E-state index contributed by atoms with van der Waals surface area (Å²) in [7, 11) is 0. The smallest absolute Gasteiger partial charge is 0.270 e. The number of aryl methyl sites for hydroxylation is 1. The first kappa shape index (κ1) is 15.2. The zero-order valence-electron chi connectivity index (χ0n) is 10.9. The van der Waals surface area contributed by atoms with Crippen LogP contribution in [0.4, 0.5) is 10.8 Å². The molecule has 9 heteroatoms. The number of alkyl halides is 1. The summed E-state index contributed by atoms with van der Waals surface area (Å²) in [6.45, 7) is 1.85. The molecular formula is C12H11ClN4O3S. The third-order valence-corrected chi connectivity index (χ3v) is 3.69. The van der Waals surface area contributed by atoms with E-state index in [2.05, 4.69) is 15.5 Å². The van der Waals surface area contributed by atoms with Crippen LogP contribution in [0.15, 0.2) is 22.6 Å². The molecular weight excluding hydrogens is 316 g/mol. The Bertz CT molecular complexity index is 702. The van der Waals surface area contributed by atoms with Crippen LogP contribution in [0.1, 0.15) is 16.8 Å². The van der Waals surface area contributed by atoms with Crippen molar-refractivity contribution in [2.75, 3.05) is 5.43 Å². The van der Waals surface area contributed by atoms with Gasteiger partial charge in [-0.3, -0.25) is 15.5 Å². The van der Waals surface area contributed by atoms with Crippen molar-refractivity contribution in [3.05, 3.63) is 44.4 Å². The van der Waals surface area contributed by atoms with Gasteiger partial charge in [-0.15, -0.1) is 22.9 Å². The highest BCUT2D eigenvalue weighted by molar-refractivity contribution is 7.13. The van der Waals surface area contributed by atoms with Gasteiger partial charge in [-0.2, -0.15) is 5.10 Å². The van der Waals surface area contributed by atoms with Crippen LogP contribution < -0.4 is 5.43 Å². The highest BCUT2D eigenvalue weighted by Crippen LogP contribution is 2.28. The summed E-state index contributed by atoms with van der Waals surface area (Å²) >= 11 is 7.04. The molecule has 0 radical (unpaired) electrons. The van der Waals surface area contributed by atoms with Crippen molar-refractivity contribution in [2.45, 2.75) is 12.8 Å². The molecule has 2 N–H and O–H groups in total. The Hall–Kier alpha value is -2.19. The van der Waals surface area contributed by atoms with Crippen LogP contribution in [-0.4, -0.2) is 21.2 Å². The second kappa shape index (κ2) is 6.51. The second-order valence-corrected chi connectivity index (χ2v) is 5.22. The number of nitro benzene ring substituents is 1. The molecule has 21 heavy (non-hydrogen) atoms. The normalized spacial score (nSPS) is 11.0. The fraction of sp³-hybridized carbons (Fsp3) is 0.167. The van der Waals surface area contributed by atoms with Crippen molar-refractivity contribution < 1.29 is 10.0 Å². The summed E-state index contributed by atoms with van der Waals surface area (Å²) < 4.78 is 0. The Kier molecular flexibility index (Phi) is 4.71. The lowest BCUT2D eigenvalue weighted by molar-refractivity contribution is -0.384. The number of thiazole rings is 1. The highest BCUT2D eigenvalue weighted by Gasteiger charge is 2.14. The number of phenolic OH excluding ortho intramolecular Hbond substituents is 1. The molecule has 0 aliphatic carbocycles. The molecule has 2 rings (SSSR count). The van der Waals surface area contributed by atoms with Crippen LogP contribution in [0.25, 0.3) is 0 Å². The molecule has 7 nitrogen and oxygen atoms in total. The number of hydrogen-bond donors (Lipinski definition) is 2. The topological polar surface area (TPSA) is 101 Å². The first-order valence-electron chi connectivity index (χ1n) is 5.78. The van der Waals surface area contributed by atoms with E-state index in [9.17, 15) is 15.2 Å². The lowest BCUT2D eigenvalue weighted by Crippen LogP contribution is -1.96. The molecule has 1 aromatic carbocycles. The Balaban J connectivity index is 2.25. The van der Waals surface area contributed by atoms with E-state index in [-0.39, 0.29) is 28.4 Å². The number of nitrogens with zero attached hydrogens (tertiary/aromatic N) is 3. The number of hydrogen-bond acceptors (Lipinski definition) is 7. The van der Waals surface area contributed by atoms with Gasteiger partial charge in [0, 0.05) is 28.6 Å². The quantitative estimate of drug-likeness (QED) is 0.380. The predicted molar refractivity (Wildman–Crippen MR) is 82.4 cm³/mol. The van der Waals surface area contributed by atoms with Crippen molar-refractivity contribution >= 4 is 40.0 Å². The SMILES string of the molecule is Cc1csc(NN=Cc2cc([N+](=O)[O-])cc(CCl)c2O)n1. The van der Waals surface area contributed by atoms with Crippen LogP contribution in [0.5, 0.6) is 5.75 Å². The summed E-state index contributed by atoms with van der Waals surface area (Å²) in [6, 6.07) is 2.46. The van der Waals surface area contributed by atoms with E-state index < -0.39 is 4.92 Å². The van der Waals surface area contributed by atoms with E-state index in [1.165, 1.54) is 29.7 Å². The maximum absolute atomic E-state index is 10.8. The first-order chi connectivity index (χ1) is 10.0. The molecule has 1 aromatic heterocycles. The number of non-ortho nitro benzene ring substituents is 1. The zero-order valence-corrected chi connectivity index (χ0v) is 12.5. The van der Waals surface area contributed by atoms with Crippen LogP contribution in [0.3, 0.4) is 0 Å². The Morgan fingerprint density at radius 2 is 2.38 bits per heavy atom. The minimum Gasteiger partial charge on any atom is -0.507 e. The number of anilines is 1. The van der Waals surface area contributed by atoms with Gasteiger partial charge in [-0.05, 0) is 6.92 Å². The van der Waals surface area contributed by atoms with Gasteiger partial charge in [0.25, 0.3) is 5.69 Å². The predicted octanol–water partition coefficient (Wildman–Crippen LogP) is 3.25. The number of nitro groups is 1. The van der Waals surface area contributed by atoms with Gasteiger partial charge in [0.05, 0.1) is 22.7 Å². The molecule has 0 spiro atoms. The van der Waals surface area contributed by atoms with Crippen molar-refractivity contribution in [3.63, 3.8) is 0 Å². The van der Waals surface area contributed by atoms with Gasteiger partial charge < -0.3 is 5.11 Å². The van der Waals surface area contributed by atoms with Gasteiger partial charge in [0.1, 0.15) is 5.75 Å². The number of aromatic nitrogens is 1. The molecule has 0 atom stereocenters. The summed E-state index contributed by atoms with van der Waals surface area (Å²) in [6.07, 6.45) is 1.29. The lowest BCUT2D eigenvalue weighted by atomic mass is 10.1. The third kappa shape index (κ3) is 3.67. The van der Waals surface area contributed by atoms with Crippen molar-refractivity contribution in [3.8, 4) is 5.75 Å². The molecule has 0 saturated carbocycles. The summed E-state index contributed by atoms with van der Waals surface area (Å²) in [5.41, 5.74) is 3.88. The Labute approximate surface area is 129 Å². The molecule has 0 saturated heterocycles. The number of benzene rings is 1. The average molecular weight is 327 g/mol. The van der Waals surface area contributed by atoms with E-state index in [4.69, 9.17) is 11.6 Å². The van der Waals surface area contributed by atoms with Crippen LogP contribution >= 0.6 is 22.9 Å². The zero-order chi connectivity index (χ0) is 15.4. The van der Waals surface area contributed by atoms with Gasteiger partial charge >= 0.3 is 0 Å². The van der Waals surface area contributed by atoms with E-state index in [1.54, 1.807) is 0 Å². The maximum atomic E-state index is 10.8. The molecule has 0 fully saturated rings. The molecule has 0 amide bonds. The number of aromatic hydroxyl groups is 1. The largest absolute Gasteiger partial charge is 0.507 e. The highest BCUT2D eigenvalue weighted by atomic mass is 35.5. The summed E-state index contributed by atoms with van der Waals surface area (Å²) in [4.78, 5) is 14.4. The average Bonchev–Trinajstić information content (AvgIpc) is 2.86. The molecule has 110 valence electrons. The molecule has 0 aliphatic rings. The third-order valence-electron chi connectivity index (χ3n) is 2.54. The fourth-order valence-corrected chi connectivity index (χ4v) is 2.41. The van der Waals surface area contributed by atoms with Crippen LogP contribution in [-0.2, 0) is 5.88 Å². The van der Waals surface area contributed by atoms with E-state index >= 15 is 0 Å². The number of phenols is 1. The molecule has 0 bridgehead atoms.